The quantitative estimate of drug-likeness (QED) is 0.181. The molecule has 10 rings (SSSR count). The van der Waals surface area contributed by atoms with E-state index in [0.29, 0.717) is 70.4 Å². The average molecular weight is 797 g/mol. The van der Waals surface area contributed by atoms with Crippen LogP contribution in [-0.4, -0.2) is 86.6 Å². The minimum absolute atomic E-state index is 0.0168. The molecule has 15 heteroatoms. The number of aromatic hydroxyl groups is 1. The highest BCUT2D eigenvalue weighted by molar-refractivity contribution is 7.99. The molecule has 7 aliphatic rings. The number of piperazine rings is 1. The maximum Gasteiger partial charge on any atom is 0.331 e. The number of nitrogens with zero attached hydrogens (tertiary/aromatic N) is 2. The van der Waals surface area contributed by atoms with Crippen molar-refractivity contribution in [3.63, 3.8) is 0 Å². The lowest BCUT2D eigenvalue weighted by atomic mass is 9.72. The van der Waals surface area contributed by atoms with Crippen LogP contribution in [0, 0.1) is 25.2 Å². The van der Waals surface area contributed by atoms with Gasteiger partial charge in [0.25, 0.3) is 0 Å². The van der Waals surface area contributed by atoms with Crippen molar-refractivity contribution in [2.75, 3.05) is 46.5 Å². The molecule has 7 atom stereocenters. The van der Waals surface area contributed by atoms with Crippen LogP contribution in [0.5, 0.6) is 40.2 Å². The lowest BCUT2D eigenvalue weighted by Gasteiger charge is -2.59. The lowest BCUT2D eigenvalue weighted by molar-refractivity contribution is -0.155. The van der Waals surface area contributed by atoms with Crippen molar-refractivity contribution in [2.24, 2.45) is 0 Å². The summed E-state index contributed by atoms with van der Waals surface area (Å²) in [7, 11) is 3.10. The number of benzene rings is 3. The zero-order chi connectivity index (χ0) is 39.9. The molecule has 7 aliphatic heterocycles. The van der Waals surface area contributed by atoms with Gasteiger partial charge in [0.15, 0.2) is 40.0 Å². The van der Waals surface area contributed by atoms with Gasteiger partial charge in [0.2, 0.25) is 6.79 Å². The van der Waals surface area contributed by atoms with Crippen molar-refractivity contribution in [1.29, 1.82) is 5.26 Å². The number of fused-ring (bicyclic) bond motifs is 9. The van der Waals surface area contributed by atoms with Crippen LogP contribution in [0.4, 0.5) is 0 Å². The van der Waals surface area contributed by atoms with Gasteiger partial charge >= 0.3 is 11.9 Å². The highest BCUT2D eigenvalue weighted by atomic mass is 32.2. The maximum atomic E-state index is 14.8. The van der Waals surface area contributed by atoms with E-state index in [1.807, 2.05) is 13.8 Å². The molecule has 2 fully saturated rings. The largest absolute Gasteiger partial charge is 0.504 e. The minimum Gasteiger partial charge on any atom is -0.504 e. The first kappa shape index (κ1) is 37.4. The molecule has 3 aromatic carbocycles. The van der Waals surface area contributed by atoms with Crippen molar-refractivity contribution >= 4 is 23.7 Å². The van der Waals surface area contributed by atoms with Gasteiger partial charge in [-0.05, 0) is 61.1 Å². The normalized spacial score (nSPS) is 27.8. The number of nitrogens with one attached hydrogen (secondary N) is 2. The van der Waals surface area contributed by atoms with Crippen LogP contribution in [0.25, 0.3) is 0 Å². The Morgan fingerprint density at radius 2 is 1.91 bits per heavy atom. The summed E-state index contributed by atoms with van der Waals surface area (Å²) in [6.45, 7) is 9.57. The second-order valence-electron chi connectivity index (χ2n) is 15.2. The van der Waals surface area contributed by atoms with Crippen molar-refractivity contribution in [3.05, 3.63) is 75.4 Å². The van der Waals surface area contributed by atoms with Gasteiger partial charge in [-0.3, -0.25) is 15.0 Å². The predicted molar refractivity (Wildman–Crippen MR) is 207 cm³/mol. The molecular formula is C42H44N4O10S. The molecular weight excluding hydrogens is 753 g/mol. The zero-order valence-electron chi connectivity index (χ0n) is 32.4. The number of carbonyl (C=O) groups is 2. The average Bonchev–Trinajstić information content (AvgIpc) is 3.69. The Kier molecular flexibility index (Phi) is 9.23. The second-order valence-corrected chi connectivity index (χ2v) is 16.4. The van der Waals surface area contributed by atoms with E-state index in [1.54, 1.807) is 25.3 Å². The Hall–Kier alpha value is -5.14. The van der Waals surface area contributed by atoms with Crippen molar-refractivity contribution in [1.82, 2.24) is 15.5 Å². The first-order valence-electron chi connectivity index (χ1n) is 19.0. The highest BCUT2D eigenvalue weighted by Gasteiger charge is 2.60. The maximum absolute atomic E-state index is 14.8. The summed E-state index contributed by atoms with van der Waals surface area (Å²) in [5, 5.41) is 28.8. The molecule has 4 bridgehead atoms. The van der Waals surface area contributed by atoms with E-state index in [-0.39, 0.29) is 43.3 Å². The number of nitriles is 1. The predicted octanol–water partition coefficient (Wildman–Crippen LogP) is 4.50. The molecule has 0 amide bonds. The molecule has 1 unspecified atom stereocenters. The summed E-state index contributed by atoms with van der Waals surface area (Å²) in [6.07, 6.45) is 2.79. The Balaban J connectivity index is 1.32. The number of phenols is 1. The van der Waals surface area contributed by atoms with Crippen LogP contribution in [0.1, 0.15) is 68.8 Å². The Morgan fingerprint density at radius 1 is 1.11 bits per heavy atom. The Bertz CT molecular complexity index is 2280. The number of hydrogen-bond donors (Lipinski definition) is 3. The Labute approximate surface area is 334 Å². The number of esters is 2. The zero-order valence-corrected chi connectivity index (χ0v) is 33.2. The molecule has 14 nitrogen and oxygen atoms in total. The molecule has 1 spiro atoms. The summed E-state index contributed by atoms with van der Waals surface area (Å²) < 4.78 is 42.9. The molecule has 0 aromatic heterocycles. The molecule has 3 N–H and O–H groups in total. The molecule has 298 valence electrons. The number of ether oxygens (including phenoxy) is 7. The first-order chi connectivity index (χ1) is 27.6. The topological polar surface area (TPSA) is 170 Å². The lowest BCUT2D eigenvalue weighted by Crippen LogP contribution is -2.69. The molecule has 0 radical (unpaired) electrons. The van der Waals surface area contributed by atoms with Gasteiger partial charge in [0, 0.05) is 53.6 Å². The molecule has 2 saturated heterocycles. The molecule has 0 saturated carbocycles. The van der Waals surface area contributed by atoms with Crippen LogP contribution in [0.3, 0.4) is 0 Å². The monoisotopic (exact) mass is 796 g/mol. The van der Waals surface area contributed by atoms with Crippen LogP contribution >= 0.6 is 11.8 Å². The smallest absolute Gasteiger partial charge is 0.331 e. The molecule has 57 heavy (non-hydrogen) atoms. The second kappa shape index (κ2) is 14.1. The summed E-state index contributed by atoms with van der Waals surface area (Å²) in [4.78, 5) is 30.0. The fourth-order valence-electron chi connectivity index (χ4n) is 10.1. The van der Waals surface area contributed by atoms with E-state index in [9.17, 15) is 20.0 Å². The standard InChI is InChI=1S/C42H44N4O10S/c1-7-10-52-38-30-23(11-19(2)35(38)51-6)12-25-26(15-43)46-27-16-53-41(49)42(24-14-29(50-5)28(48)13-22(24)8-9-44-42)17-57-40(34(46)33(30)45-25)32-31(27)39-37(54-18-55-39)20(3)36(32)56-21(4)47/h7,11,13-14,25-27,33-34,40,44-45,48H,1,8-10,12,16-18H2,2-6H3/t25-,26+,27+,33-,34?,40-,42-/m1/s1. The van der Waals surface area contributed by atoms with E-state index in [2.05, 4.69) is 34.2 Å². The van der Waals surface area contributed by atoms with E-state index >= 15 is 0 Å². The number of hydrogen-bond acceptors (Lipinski definition) is 15. The Morgan fingerprint density at radius 3 is 2.65 bits per heavy atom. The van der Waals surface area contributed by atoms with Crippen molar-refractivity contribution in [2.45, 2.75) is 74.6 Å². The van der Waals surface area contributed by atoms with Gasteiger partial charge in [-0.2, -0.15) is 5.26 Å². The van der Waals surface area contributed by atoms with Gasteiger partial charge in [-0.25, -0.2) is 4.79 Å². The molecule has 7 heterocycles. The van der Waals surface area contributed by atoms with Gasteiger partial charge in [0.05, 0.1) is 37.6 Å². The third kappa shape index (κ3) is 5.48. The number of rotatable bonds is 6. The number of methoxy groups -OCH3 is 2. The van der Waals surface area contributed by atoms with E-state index in [0.717, 1.165) is 22.3 Å². The minimum atomic E-state index is -1.35. The van der Waals surface area contributed by atoms with Gasteiger partial charge in [0.1, 0.15) is 25.0 Å². The summed E-state index contributed by atoms with van der Waals surface area (Å²) >= 11 is 1.51. The SMILES string of the molecule is C=CCOc1c(OC)c(C)cc2c1[C@H]1N[C@H](C2)[C@H](C#N)N2C1[C@@H]1SC[C@]3(NCCc4cc(O)c(OC)cc43)C(=O)OC[C@H]2c2c3c(c(C)c(OC(C)=O)c21)OCO3. The fraction of sp³-hybridized carbons (Fsp3) is 0.452. The fourth-order valence-corrected chi connectivity index (χ4v) is 11.8. The summed E-state index contributed by atoms with van der Waals surface area (Å²) in [5.41, 5.74) is 4.94. The molecule has 3 aromatic rings. The van der Waals surface area contributed by atoms with Gasteiger partial charge in [-0.1, -0.05) is 18.7 Å². The number of phenolic OH excluding ortho intramolecular Hbond substituents is 1. The van der Waals surface area contributed by atoms with E-state index in [4.69, 9.17) is 33.2 Å². The van der Waals surface area contributed by atoms with Gasteiger partial charge < -0.3 is 43.6 Å². The van der Waals surface area contributed by atoms with Crippen LogP contribution < -0.4 is 39.1 Å². The highest BCUT2D eigenvalue weighted by Crippen LogP contribution is 2.63. The third-order valence-electron chi connectivity index (χ3n) is 12.3. The molecule has 0 aliphatic carbocycles. The first-order valence-corrected chi connectivity index (χ1v) is 20.1. The number of carbonyl (C=O) groups excluding carboxylic acids is 2. The number of thioether (sulfide) groups is 1. The van der Waals surface area contributed by atoms with E-state index < -0.39 is 46.9 Å². The van der Waals surface area contributed by atoms with Crippen molar-refractivity contribution in [3.8, 4) is 46.3 Å². The van der Waals surface area contributed by atoms with Crippen LogP contribution in [-0.2, 0) is 32.7 Å². The van der Waals surface area contributed by atoms with Crippen LogP contribution in [0.2, 0.25) is 0 Å². The summed E-state index contributed by atoms with van der Waals surface area (Å²) in [6, 6.07) is 5.48. The van der Waals surface area contributed by atoms with Gasteiger partial charge in [-0.15, -0.1) is 11.8 Å². The summed E-state index contributed by atoms with van der Waals surface area (Å²) in [5.74, 6) is 1.86. The van der Waals surface area contributed by atoms with Crippen molar-refractivity contribution < 1.29 is 47.9 Å². The number of aryl methyl sites for hydroxylation is 1. The van der Waals surface area contributed by atoms with Crippen LogP contribution in [0.15, 0.2) is 30.9 Å². The third-order valence-corrected chi connectivity index (χ3v) is 13.7. The van der Waals surface area contributed by atoms with E-state index in [1.165, 1.54) is 25.8 Å².